The topological polar surface area (TPSA) is 27.3 Å². The zero-order valence-electron chi connectivity index (χ0n) is 11.1. The van der Waals surface area contributed by atoms with Crippen molar-refractivity contribution in [1.82, 2.24) is 10.2 Å². The Morgan fingerprint density at radius 3 is 2.61 bits per heavy atom. The van der Waals surface area contributed by atoms with Crippen molar-refractivity contribution in [2.24, 2.45) is 0 Å². The Balaban J connectivity index is 1.69. The van der Waals surface area contributed by atoms with Crippen LogP contribution in [0.3, 0.4) is 0 Å². The Kier molecular flexibility index (Phi) is 5.84. The standard InChI is InChI=1S/C14H23N3S/c1-2-18-14-5-3-13(4-6-14)16-9-12-17-10-7-15-8-11-17/h3-6,15-16H,2,7-12H2,1H3. The van der Waals surface area contributed by atoms with Crippen molar-refractivity contribution in [1.29, 1.82) is 0 Å². The van der Waals surface area contributed by atoms with Crippen molar-refractivity contribution < 1.29 is 0 Å². The van der Waals surface area contributed by atoms with E-state index in [0.717, 1.165) is 31.9 Å². The first kappa shape index (κ1) is 13.7. The third-order valence-corrected chi connectivity index (χ3v) is 4.03. The molecule has 0 spiro atoms. The van der Waals surface area contributed by atoms with Gasteiger partial charge < -0.3 is 10.6 Å². The molecule has 1 aromatic carbocycles. The second kappa shape index (κ2) is 7.67. The molecule has 1 aliphatic rings. The van der Waals surface area contributed by atoms with Gasteiger partial charge in [0, 0.05) is 49.9 Å². The Morgan fingerprint density at radius 2 is 1.94 bits per heavy atom. The van der Waals surface area contributed by atoms with E-state index in [4.69, 9.17) is 0 Å². The van der Waals surface area contributed by atoms with Crippen LogP contribution in [0, 0.1) is 0 Å². The zero-order valence-corrected chi connectivity index (χ0v) is 11.9. The van der Waals surface area contributed by atoms with Gasteiger partial charge in [-0.25, -0.2) is 0 Å². The van der Waals surface area contributed by atoms with Crippen LogP contribution in [-0.4, -0.2) is 49.9 Å². The summed E-state index contributed by atoms with van der Waals surface area (Å²) in [6, 6.07) is 8.74. The monoisotopic (exact) mass is 265 g/mol. The number of thioether (sulfide) groups is 1. The van der Waals surface area contributed by atoms with Crippen molar-refractivity contribution in [3.05, 3.63) is 24.3 Å². The molecular weight excluding hydrogens is 242 g/mol. The highest BCUT2D eigenvalue weighted by molar-refractivity contribution is 7.99. The molecule has 0 bridgehead atoms. The molecule has 0 unspecified atom stereocenters. The van der Waals surface area contributed by atoms with E-state index in [0.29, 0.717) is 0 Å². The van der Waals surface area contributed by atoms with Crippen molar-refractivity contribution in [3.8, 4) is 0 Å². The molecule has 2 N–H and O–H groups in total. The van der Waals surface area contributed by atoms with E-state index in [1.165, 1.54) is 23.7 Å². The van der Waals surface area contributed by atoms with Crippen LogP contribution in [0.1, 0.15) is 6.92 Å². The van der Waals surface area contributed by atoms with Crippen LogP contribution < -0.4 is 10.6 Å². The zero-order chi connectivity index (χ0) is 12.6. The second-order valence-electron chi connectivity index (χ2n) is 4.48. The maximum atomic E-state index is 3.49. The molecule has 1 fully saturated rings. The van der Waals surface area contributed by atoms with Crippen molar-refractivity contribution >= 4 is 17.4 Å². The second-order valence-corrected chi connectivity index (χ2v) is 5.81. The van der Waals surface area contributed by atoms with Crippen LogP contribution >= 0.6 is 11.8 Å². The minimum absolute atomic E-state index is 1.03. The number of anilines is 1. The summed E-state index contributed by atoms with van der Waals surface area (Å²) in [5.74, 6) is 1.13. The van der Waals surface area contributed by atoms with Crippen molar-refractivity contribution in [3.63, 3.8) is 0 Å². The summed E-state index contributed by atoms with van der Waals surface area (Å²) in [6.45, 7) is 8.95. The van der Waals surface area contributed by atoms with E-state index in [1.54, 1.807) is 0 Å². The molecule has 1 heterocycles. The molecular formula is C14H23N3S. The molecule has 1 aromatic rings. The molecule has 0 radical (unpaired) electrons. The molecule has 4 heteroatoms. The quantitative estimate of drug-likeness (QED) is 0.771. The average Bonchev–Trinajstić information content (AvgIpc) is 2.42. The number of nitrogens with one attached hydrogen (secondary N) is 2. The molecule has 0 saturated carbocycles. The van der Waals surface area contributed by atoms with E-state index in [9.17, 15) is 0 Å². The molecule has 0 aromatic heterocycles. The predicted molar refractivity (Wildman–Crippen MR) is 80.6 cm³/mol. The molecule has 3 nitrogen and oxygen atoms in total. The molecule has 0 aliphatic carbocycles. The van der Waals surface area contributed by atoms with Crippen LogP contribution in [0.4, 0.5) is 5.69 Å². The maximum absolute atomic E-state index is 3.49. The van der Waals surface area contributed by atoms with E-state index in [-0.39, 0.29) is 0 Å². The Labute approximate surface area is 114 Å². The number of piperazine rings is 1. The fraction of sp³-hybridized carbons (Fsp3) is 0.571. The van der Waals surface area contributed by atoms with Crippen LogP contribution in [0.5, 0.6) is 0 Å². The molecule has 2 rings (SSSR count). The fourth-order valence-corrected chi connectivity index (χ4v) is 2.79. The summed E-state index contributed by atoms with van der Waals surface area (Å²) in [7, 11) is 0. The Hall–Kier alpha value is -0.710. The lowest BCUT2D eigenvalue weighted by Gasteiger charge is -2.27. The van der Waals surface area contributed by atoms with Gasteiger partial charge >= 0.3 is 0 Å². The third kappa shape index (κ3) is 4.52. The van der Waals surface area contributed by atoms with Gasteiger partial charge in [-0.15, -0.1) is 11.8 Å². The Bertz CT molecular complexity index is 333. The third-order valence-electron chi connectivity index (χ3n) is 3.13. The van der Waals surface area contributed by atoms with E-state index in [1.807, 2.05) is 11.8 Å². The van der Waals surface area contributed by atoms with E-state index >= 15 is 0 Å². The first-order valence-corrected chi connectivity index (χ1v) is 7.77. The van der Waals surface area contributed by atoms with Gasteiger partial charge in [-0.2, -0.15) is 0 Å². The van der Waals surface area contributed by atoms with Crippen LogP contribution in [0.25, 0.3) is 0 Å². The first-order chi connectivity index (χ1) is 8.88. The fourth-order valence-electron chi connectivity index (χ4n) is 2.13. The van der Waals surface area contributed by atoms with Gasteiger partial charge in [0.1, 0.15) is 0 Å². The maximum Gasteiger partial charge on any atom is 0.0341 e. The molecule has 18 heavy (non-hydrogen) atoms. The average molecular weight is 265 g/mol. The summed E-state index contributed by atoms with van der Waals surface area (Å²) in [5, 5.41) is 6.87. The van der Waals surface area contributed by atoms with Crippen molar-refractivity contribution in [2.45, 2.75) is 11.8 Å². The lowest BCUT2D eigenvalue weighted by atomic mass is 10.3. The van der Waals surface area contributed by atoms with Crippen LogP contribution in [0.2, 0.25) is 0 Å². The Morgan fingerprint density at radius 1 is 1.22 bits per heavy atom. The predicted octanol–water partition coefficient (Wildman–Crippen LogP) is 2.12. The number of hydrogen-bond donors (Lipinski definition) is 2. The number of nitrogens with zero attached hydrogens (tertiary/aromatic N) is 1. The van der Waals surface area contributed by atoms with Crippen LogP contribution in [-0.2, 0) is 0 Å². The van der Waals surface area contributed by atoms with Gasteiger partial charge in [-0.3, -0.25) is 4.90 Å². The van der Waals surface area contributed by atoms with Crippen LogP contribution in [0.15, 0.2) is 29.2 Å². The largest absolute Gasteiger partial charge is 0.384 e. The van der Waals surface area contributed by atoms with Gasteiger partial charge in [-0.05, 0) is 30.0 Å². The highest BCUT2D eigenvalue weighted by atomic mass is 32.2. The lowest BCUT2D eigenvalue weighted by Crippen LogP contribution is -2.45. The minimum Gasteiger partial charge on any atom is -0.384 e. The van der Waals surface area contributed by atoms with E-state index in [2.05, 4.69) is 46.7 Å². The lowest BCUT2D eigenvalue weighted by molar-refractivity contribution is 0.249. The summed E-state index contributed by atoms with van der Waals surface area (Å²) in [6.07, 6.45) is 0. The summed E-state index contributed by atoms with van der Waals surface area (Å²) >= 11 is 1.89. The minimum atomic E-state index is 1.03. The molecule has 1 aliphatic heterocycles. The van der Waals surface area contributed by atoms with Gasteiger partial charge in [0.2, 0.25) is 0 Å². The highest BCUT2D eigenvalue weighted by Gasteiger charge is 2.07. The molecule has 1 saturated heterocycles. The highest BCUT2D eigenvalue weighted by Crippen LogP contribution is 2.19. The summed E-state index contributed by atoms with van der Waals surface area (Å²) in [4.78, 5) is 3.86. The van der Waals surface area contributed by atoms with E-state index < -0.39 is 0 Å². The van der Waals surface area contributed by atoms with Gasteiger partial charge in [0.05, 0.1) is 0 Å². The number of benzene rings is 1. The normalized spacial score (nSPS) is 16.7. The number of rotatable bonds is 6. The molecule has 0 amide bonds. The first-order valence-electron chi connectivity index (χ1n) is 6.78. The van der Waals surface area contributed by atoms with Gasteiger partial charge in [0.25, 0.3) is 0 Å². The molecule has 100 valence electrons. The summed E-state index contributed by atoms with van der Waals surface area (Å²) in [5.41, 5.74) is 1.23. The molecule has 0 atom stereocenters. The smallest absolute Gasteiger partial charge is 0.0341 e. The van der Waals surface area contributed by atoms with Crippen molar-refractivity contribution in [2.75, 3.05) is 50.3 Å². The number of hydrogen-bond acceptors (Lipinski definition) is 4. The summed E-state index contributed by atoms with van der Waals surface area (Å²) < 4.78 is 0. The van der Waals surface area contributed by atoms with Gasteiger partial charge in [0.15, 0.2) is 0 Å². The SMILES string of the molecule is CCSc1ccc(NCCN2CCNCC2)cc1. The van der Waals surface area contributed by atoms with Gasteiger partial charge in [-0.1, -0.05) is 6.92 Å².